The van der Waals surface area contributed by atoms with Gasteiger partial charge in [-0.05, 0) is 43.2 Å². The molecule has 0 saturated heterocycles. The zero-order valence-electron chi connectivity index (χ0n) is 12.6. The van der Waals surface area contributed by atoms with E-state index in [1.807, 2.05) is 55.5 Å². The number of hydrogen-bond donors (Lipinski definition) is 1. The van der Waals surface area contributed by atoms with Crippen LogP contribution >= 0.6 is 0 Å². The molecule has 1 N–H and O–H groups in total. The molecule has 1 amide bonds. The Morgan fingerprint density at radius 1 is 1.05 bits per heavy atom. The summed E-state index contributed by atoms with van der Waals surface area (Å²) in [6, 6.07) is 15.5. The van der Waals surface area contributed by atoms with Crippen molar-refractivity contribution in [2.75, 3.05) is 13.2 Å². The second kappa shape index (κ2) is 7.48. The lowest BCUT2D eigenvalue weighted by Gasteiger charge is -2.08. The van der Waals surface area contributed by atoms with Gasteiger partial charge in [0.15, 0.2) is 0 Å². The Morgan fingerprint density at radius 3 is 2.33 bits per heavy atom. The largest absolute Gasteiger partial charge is 0.492 e. The quantitative estimate of drug-likeness (QED) is 0.825. The molecule has 3 nitrogen and oxygen atoms in total. The first kappa shape index (κ1) is 15.1. The fourth-order valence-electron chi connectivity index (χ4n) is 1.96. The highest BCUT2D eigenvalue weighted by Crippen LogP contribution is 2.10. The molecule has 0 bridgehead atoms. The summed E-state index contributed by atoms with van der Waals surface area (Å²) >= 11 is 0. The van der Waals surface area contributed by atoms with Crippen LogP contribution in [0.3, 0.4) is 0 Å². The van der Waals surface area contributed by atoms with Gasteiger partial charge in [0, 0.05) is 5.56 Å². The van der Waals surface area contributed by atoms with E-state index in [1.165, 1.54) is 11.1 Å². The maximum absolute atomic E-state index is 11.9. The van der Waals surface area contributed by atoms with Crippen molar-refractivity contribution in [1.82, 2.24) is 5.32 Å². The van der Waals surface area contributed by atoms with E-state index in [-0.39, 0.29) is 5.91 Å². The zero-order chi connectivity index (χ0) is 15.1. The Hall–Kier alpha value is -2.29. The van der Waals surface area contributed by atoms with Crippen molar-refractivity contribution in [2.24, 2.45) is 0 Å². The van der Waals surface area contributed by atoms with E-state index >= 15 is 0 Å². The minimum atomic E-state index is -0.0647. The number of hydrogen-bond acceptors (Lipinski definition) is 2. The molecule has 2 rings (SSSR count). The molecule has 0 unspecified atom stereocenters. The van der Waals surface area contributed by atoms with Gasteiger partial charge in [-0.3, -0.25) is 4.79 Å². The molecular formula is C18H21NO2. The van der Waals surface area contributed by atoms with Crippen LogP contribution in [0, 0.1) is 6.92 Å². The number of ether oxygens (including phenoxy) is 1. The van der Waals surface area contributed by atoms with E-state index in [0.29, 0.717) is 18.7 Å². The summed E-state index contributed by atoms with van der Waals surface area (Å²) in [5, 5.41) is 2.85. The standard InChI is InChI=1S/C18H21NO2/c1-3-15-6-8-16(9-7-15)18(20)19-12-13-21-17-10-4-14(2)5-11-17/h4-11H,3,12-13H2,1-2H3,(H,19,20). The van der Waals surface area contributed by atoms with Gasteiger partial charge in [-0.25, -0.2) is 0 Å². The van der Waals surface area contributed by atoms with Gasteiger partial charge in [0.25, 0.3) is 5.91 Å². The smallest absolute Gasteiger partial charge is 0.251 e. The molecule has 0 saturated carbocycles. The summed E-state index contributed by atoms with van der Waals surface area (Å²) in [4.78, 5) is 11.9. The van der Waals surface area contributed by atoms with Crippen LogP contribution in [0.4, 0.5) is 0 Å². The number of benzene rings is 2. The molecule has 0 aliphatic carbocycles. The summed E-state index contributed by atoms with van der Waals surface area (Å²) < 4.78 is 5.57. The number of amides is 1. The molecule has 2 aromatic carbocycles. The highest BCUT2D eigenvalue weighted by atomic mass is 16.5. The molecule has 0 heterocycles. The first-order valence-corrected chi connectivity index (χ1v) is 7.25. The van der Waals surface area contributed by atoms with E-state index in [4.69, 9.17) is 4.74 Å². The molecule has 0 aliphatic rings. The molecular weight excluding hydrogens is 262 g/mol. The first-order chi connectivity index (χ1) is 10.2. The first-order valence-electron chi connectivity index (χ1n) is 7.25. The van der Waals surface area contributed by atoms with Crippen LogP contribution in [0.2, 0.25) is 0 Å². The molecule has 0 aliphatic heterocycles. The minimum Gasteiger partial charge on any atom is -0.492 e. The topological polar surface area (TPSA) is 38.3 Å². The second-order valence-electron chi connectivity index (χ2n) is 4.97. The third-order valence-corrected chi connectivity index (χ3v) is 3.30. The van der Waals surface area contributed by atoms with Gasteiger partial charge in [0.1, 0.15) is 12.4 Å². The SMILES string of the molecule is CCc1ccc(C(=O)NCCOc2ccc(C)cc2)cc1. The van der Waals surface area contributed by atoms with Crippen molar-refractivity contribution in [3.05, 3.63) is 65.2 Å². The Bertz CT molecular complexity index is 573. The maximum Gasteiger partial charge on any atom is 0.251 e. The van der Waals surface area contributed by atoms with Crippen molar-refractivity contribution in [3.63, 3.8) is 0 Å². The highest BCUT2D eigenvalue weighted by Gasteiger charge is 2.04. The predicted molar refractivity (Wildman–Crippen MR) is 84.8 cm³/mol. The number of rotatable bonds is 6. The number of nitrogens with one attached hydrogen (secondary N) is 1. The summed E-state index contributed by atoms with van der Waals surface area (Å²) in [6.07, 6.45) is 0.978. The Balaban J connectivity index is 1.74. The van der Waals surface area contributed by atoms with Crippen LogP contribution in [0.5, 0.6) is 5.75 Å². The fraction of sp³-hybridized carbons (Fsp3) is 0.278. The van der Waals surface area contributed by atoms with E-state index in [9.17, 15) is 4.79 Å². The van der Waals surface area contributed by atoms with Crippen LogP contribution < -0.4 is 10.1 Å². The lowest BCUT2D eigenvalue weighted by Crippen LogP contribution is -2.28. The Labute approximate surface area is 126 Å². The van der Waals surface area contributed by atoms with Crippen molar-refractivity contribution < 1.29 is 9.53 Å². The molecule has 0 spiro atoms. The van der Waals surface area contributed by atoms with Crippen molar-refractivity contribution >= 4 is 5.91 Å². The molecule has 0 radical (unpaired) electrons. The van der Waals surface area contributed by atoms with Gasteiger partial charge in [-0.2, -0.15) is 0 Å². The molecule has 110 valence electrons. The second-order valence-corrected chi connectivity index (χ2v) is 4.97. The van der Waals surface area contributed by atoms with Gasteiger partial charge in [0.2, 0.25) is 0 Å². The van der Waals surface area contributed by atoms with Gasteiger partial charge in [-0.1, -0.05) is 36.8 Å². The fourth-order valence-corrected chi connectivity index (χ4v) is 1.96. The summed E-state index contributed by atoms with van der Waals surface area (Å²) in [6.45, 7) is 5.08. The van der Waals surface area contributed by atoms with Gasteiger partial charge in [0.05, 0.1) is 6.54 Å². The predicted octanol–water partition coefficient (Wildman–Crippen LogP) is 3.37. The lowest BCUT2D eigenvalue weighted by molar-refractivity contribution is 0.0947. The molecule has 2 aromatic rings. The average Bonchev–Trinajstić information content (AvgIpc) is 2.53. The summed E-state index contributed by atoms with van der Waals surface area (Å²) in [5.74, 6) is 0.757. The molecule has 0 atom stereocenters. The Kier molecular flexibility index (Phi) is 5.38. The number of carbonyl (C=O) groups excluding carboxylic acids is 1. The minimum absolute atomic E-state index is 0.0647. The lowest BCUT2D eigenvalue weighted by atomic mass is 10.1. The van der Waals surface area contributed by atoms with E-state index in [0.717, 1.165) is 12.2 Å². The molecule has 0 aromatic heterocycles. The van der Waals surface area contributed by atoms with Crippen LogP contribution in [-0.2, 0) is 6.42 Å². The van der Waals surface area contributed by atoms with Crippen LogP contribution in [-0.4, -0.2) is 19.1 Å². The van der Waals surface area contributed by atoms with Crippen molar-refractivity contribution in [2.45, 2.75) is 20.3 Å². The van der Waals surface area contributed by atoms with Crippen LogP contribution in [0.1, 0.15) is 28.4 Å². The van der Waals surface area contributed by atoms with Gasteiger partial charge >= 0.3 is 0 Å². The van der Waals surface area contributed by atoms with Crippen LogP contribution in [0.15, 0.2) is 48.5 Å². The molecule has 0 fully saturated rings. The van der Waals surface area contributed by atoms with Crippen molar-refractivity contribution in [1.29, 1.82) is 0 Å². The maximum atomic E-state index is 11.9. The van der Waals surface area contributed by atoms with E-state index in [2.05, 4.69) is 12.2 Å². The van der Waals surface area contributed by atoms with Gasteiger partial charge < -0.3 is 10.1 Å². The third kappa shape index (κ3) is 4.63. The van der Waals surface area contributed by atoms with Gasteiger partial charge in [-0.15, -0.1) is 0 Å². The molecule has 3 heteroatoms. The van der Waals surface area contributed by atoms with E-state index in [1.54, 1.807) is 0 Å². The zero-order valence-corrected chi connectivity index (χ0v) is 12.6. The van der Waals surface area contributed by atoms with Crippen molar-refractivity contribution in [3.8, 4) is 5.75 Å². The monoisotopic (exact) mass is 283 g/mol. The van der Waals surface area contributed by atoms with Crippen LogP contribution in [0.25, 0.3) is 0 Å². The number of aryl methyl sites for hydroxylation is 2. The normalized spacial score (nSPS) is 10.2. The molecule has 21 heavy (non-hydrogen) atoms. The number of carbonyl (C=O) groups is 1. The summed E-state index contributed by atoms with van der Waals surface area (Å²) in [5.41, 5.74) is 3.11. The highest BCUT2D eigenvalue weighted by molar-refractivity contribution is 5.94. The summed E-state index contributed by atoms with van der Waals surface area (Å²) in [7, 11) is 0. The van der Waals surface area contributed by atoms with E-state index < -0.39 is 0 Å². The average molecular weight is 283 g/mol. The third-order valence-electron chi connectivity index (χ3n) is 3.30. The Morgan fingerprint density at radius 2 is 1.71 bits per heavy atom.